The van der Waals surface area contributed by atoms with Crippen molar-refractivity contribution in [2.24, 2.45) is 0 Å². The van der Waals surface area contributed by atoms with Crippen LogP contribution in [0.15, 0.2) is 23.4 Å². The molecule has 0 spiro atoms. The van der Waals surface area contributed by atoms with E-state index in [1.165, 1.54) is 30.5 Å². The first-order valence-electron chi connectivity index (χ1n) is 6.82. The molecular formula is C14H24N2O. The molecule has 3 nitrogen and oxygen atoms in total. The van der Waals surface area contributed by atoms with Gasteiger partial charge in [0.05, 0.1) is 13.2 Å². The molecule has 0 amide bonds. The monoisotopic (exact) mass is 236 g/mol. The van der Waals surface area contributed by atoms with Gasteiger partial charge in [-0.2, -0.15) is 0 Å². The molecule has 0 radical (unpaired) electrons. The van der Waals surface area contributed by atoms with Gasteiger partial charge < -0.3 is 10.1 Å². The van der Waals surface area contributed by atoms with Gasteiger partial charge in [0, 0.05) is 31.9 Å². The second-order valence-electron chi connectivity index (χ2n) is 4.68. The molecule has 0 saturated carbocycles. The summed E-state index contributed by atoms with van der Waals surface area (Å²) in [7, 11) is 0. The van der Waals surface area contributed by atoms with E-state index in [2.05, 4.69) is 29.3 Å². The normalized spacial score (nSPS) is 21.9. The van der Waals surface area contributed by atoms with Crippen molar-refractivity contribution in [2.75, 3.05) is 39.4 Å². The van der Waals surface area contributed by atoms with Crippen LogP contribution in [0.5, 0.6) is 0 Å². The molecule has 1 aliphatic carbocycles. The summed E-state index contributed by atoms with van der Waals surface area (Å²) in [6.07, 6.45) is 8.14. The highest BCUT2D eigenvalue weighted by atomic mass is 16.5. The van der Waals surface area contributed by atoms with Crippen LogP contribution in [0.1, 0.15) is 26.2 Å². The van der Waals surface area contributed by atoms with E-state index < -0.39 is 0 Å². The van der Waals surface area contributed by atoms with E-state index in [0.717, 1.165) is 39.4 Å². The highest BCUT2D eigenvalue weighted by molar-refractivity contribution is 5.28. The van der Waals surface area contributed by atoms with Gasteiger partial charge in [-0.3, -0.25) is 4.90 Å². The highest BCUT2D eigenvalue weighted by Crippen LogP contribution is 2.19. The average Bonchev–Trinajstić information content (AvgIpc) is 2.39. The van der Waals surface area contributed by atoms with Gasteiger partial charge in [-0.25, -0.2) is 0 Å². The fourth-order valence-electron chi connectivity index (χ4n) is 2.47. The van der Waals surface area contributed by atoms with E-state index >= 15 is 0 Å². The Balaban J connectivity index is 1.84. The number of nitrogens with zero attached hydrogens (tertiary/aromatic N) is 1. The lowest BCUT2D eigenvalue weighted by Gasteiger charge is -2.27. The Morgan fingerprint density at radius 1 is 1.35 bits per heavy atom. The van der Waals surface area contributed by atoms with E-state index in [0.29, 0.717) is 0 Å². The zero-order valence-corrected chi connectivity index (χ0v) is 10.9. The molecule has 1 aliphatic heterocycles. The minimum atomic E-state index is 0.898. The van der Waals surface area contributed by atoms with Crippen LogP contribution < -0.4 is 5.32 Å². The molecule has 0 unspecified atom stereocenters. The number of nitrogens with one attached hydrogen (secondary N) is 1. The minimum absolute atomic E-state index is 0.898. The largest absolute Gasteiger partial charge is 0.388 e. The molecule has 3 heteroatoms. The van der Waals surface area contributed by atoms with Crippen molar-refractivity contribution in [1.82, 2.24) is 10.2 Å². The predicted octanol–water partition coefficient (Wildman–Crippen LogP) is 1.92. The highest BCUT2D eigenvalue weighted by Gasteiger charge is 2.12. The van der Waals surface area contributed by atoms with E-state index in [-0.39, 0.29) is 0 Å². The van der Waals surface area contributed by atoms with Crippen LogP contribution in [0, 0.1) is 0 Å². The maximum absolute atomic E-state index is 5.37. The van der Waals surface area contributed by atoms with Crippen molar-refractivity contribution >= 4 is 0 Å². The number of rotatable bonds is 5. The van der Waals surface area contributed by atoms with Crippen molar-refractivity contribution in [3.05, 3.63) is 23.4 Å². The third kappa shape index (κ3) is 3.86. The molecule has 1 saturated heterocycles. The van der Waals surface area contributed by atoms with Crippen molar-refractivity contribution in [3.8, 4) is 0 Å². The van der Waals surface area contributed by atoms with E-state index in [4.69, 9.17) is 4.74 Å². The molecule has 0 aromatic heterocycles. The van der Waals surface area contributed by atoms with Gasteiger partial charge in [-0.1, -0.05) is 12.2 Å². The maximum atomic E-state index is 5.37. The smallest absolute Gasteiger partial charge is 0.0594 e. The molecule has 1 N–H and O–H groups in total. The van der Waals surface area contributed by atoms with Crippen LogP contribution in [-0.2, 0) is 4.74 Å². The molecule has 0 bridgehead atoms. The second-order valence-corrected chi connectivity index (χ2v) is 4.68. The van der Waals surface area contributed by atoms with E-state index in [1.54, 1.807) is 0 Å². The molecular weight excluding hydrogens is 212 g/mol. The Hall–Kier alpha value is -0.800. The summed E-state index contributed by atoms with van der Waals surface area (Å²) in [5.41, 5.74) is 2.97. The number of morpholine rings is 1. The number of allylic oxidation sites excluding steroid dienone is 3. The van der Waals surface area contributed by atoms with E-state index in [1.807, 2.05) is 0 Å². The Morgan fingerprint density at radius 3 is 2.94 bits per heavy atom. The lowest BCUT2D eigenvalue weighted by molar-refractivity contribution is 0.0385. The summed E-state index contributed by atoms with van der Waals surface area (Å²) in [5, 5.41) is 3.51. The Morgan fingerprint density at radius 2 is 2.18 bits per heavy atom. The number of hydrogen-bond donors (Lipinski definition) is 1. The van der Waals surface area contributed by atoms with E-state index in [9.17, 15) is 0 Å². The first-order valence-corrected chi connectivity index (χ1v) is 6.82. The molecule has 1 heterocycles. The molecule has 2 rings (SSSR count). The quantitative estimate of drug-likeness (QED) is 0.789. The Labute approximate surface area is 105 Å². The van der Waals surface area contributed by atoms with Crippen LogP contribution in [0.25, 0.3) is 0 Å². The van der Waals surface area contributed by atoms with Crippen LogP contribution in [0.2, 0.25) is 0 Å². The predicted molar refractivity (Wildman–Crippen MR) is 71.0 cm³/mol. The van der Waals surface area contributed by atoms with Gasteiger partial charge in [0.2, 0.25) is 0 Å². The van der Waals surface area contributed by atoms with Gasteiger partial charge in [0.1, 0.15) is 0 Å². The number of ether oxygens (including phenoxy) is 1. The van der Waals surface area contributed by atoms with Gasteiger partial charge in [0.25, 0.3) is 0 Å². The minimum Gasteiger partial charge on any atom is -0.388 e. The second kappa shape index (κ2) is 6.82. The van der Waals surface area contributed by atoms with Crippen molar-refractivity contribution in [3.63, 3.8) is 0 Å². The molecule has 2 aliphatic rings. The summed E-state index contributed by atoms with van der Waals surface area (Å²) in [6, 6.07) is 0. The van der Waals surface area contributed by atoms with Gasteiger partial charge in [-0.05, 0) is 31.8 Å². The summed E-state index contributed by atoms with van der Waals surface area (Å²) in [4.78, 5) is 2.50. The molecule has 1 fully saturated rings. The Kier molecular flexibility index (Phi) is 5.08. The molecule has 96 valence electrons. The Bertz CT molecular complexity index is 291. The summed E-state index contributed by atoms with van der Waals surface area (Å²) in [5.74, 6) is 0. The van der Waals surface area contributed by atoms with Gasteiger partial charge in [-0.15, -0.1) is 0 Å². The van der Waals surface area contributed by atoms with Crippen molar-refractivity contribution < 1.29 is 4.74 Å². The van der Waals surface area contributed by atoms with Crippen LogP contribution in [0.4, 0.5) is 0 Å². The summed E-state index contributed by atoms with van der Waals surface area (Å²) in [6.45, 7) is 8.35. The molecule has 17 heavy (non-hydrogen) atoms. The van der Waals surface area contributed by atoms with Crippen LogP contribution in [0.3, 0.4) is 0 Å². The fraction of sp³-hybridized carbons (Fsp3) is 0.714. The van der Waals surface area contributed by atoms with Crippen molar-refractivity contribution in [2.45, 2.75) is 26.2 Å². The molecule has 0 aromatic rings. The zero-order valence-electron chi connectivity index (χ0n) is 10.9. The average molecular weight is 236 g/mol. The van der Waals surface area contributed by atoms with Crippen LogP contribution in [-0.4, -0.2) is 44.3 Å². The lowest BCUT2D eigenvalue weighted by atomic mass is 10.00. The lowest BCUT2D eigenvalue weighted by Crippen LogP contribution is -2.37. The fourth-order valence-corrected chi connectivity index (χ4v) is 2.47. The standard InChI is InChI=1S/C14H24N2O/c1-2-15-14-6-4-3-5-13(14)7-8-16-9-11-17-12-10-16/h3,5,15H,2,4,6-12H2,1H3. The first kappa shape index (κ1) is 12.7. The summed E-state index contributed by atoms with van der Waals surface area (Å²) < 4.78 is 5.37. The molecule has 0 atom stereocenters. The molecule has 0 aromatic carbocycles. The topological polar surface area (TPSA) is 24.5 Å². The maximum Gasteiger partial charge on any atom is 0.0594 e. The number of hydrogen-bond acceptors (Lipinski definition) is 3. The van der Waals surface area contributed by atoms with Gasteiger partial charge >= 0.3 is 0 Å². The van der Waals surface area contributed by atoms with Crippen molar-refractivity contribution in [1.29, 1.82) is 0 Å². The third-order valence-corrected chi connectivity index (χ3v) is 3.46. The third-order valence-electron chi connectivity index (χ3n) is 3.46. The van der Waals surface area contributed by atoms with Gasteiger partial charge in [0.15, 0.2) is 0 Å². The van der Waals surface area contributed by atoms with Crippen LogP contribution >= 0.6 is 0 Å². The SMILES string of the molecule is CCNC1=C(CCN2CCOCC2)C=CCC1. The zero-order chi connectivity index (χ0) is 11.9. The first-order chi connectivity index (χ1) is 8.40. The summed E-state index contributed by atoms with van der Waals surface area (Å²) >= 11 is 0.